The molecule has 23 heavy (non-hydrogen) atoms. The molecule has 1 aliphatic carbocycles. The highest BCUT2D eigenvalue weighted by Gasteiger charge is 2.59. The van der Waals surface area contributed by atoms with Gasteiger partial charge in [-0.1, -0.05) is 6.92 Å². The maximum Gasteiger partial charge on any atom is 0.226 e. The topological polar surface area (TPSA) is 61.5 Å². The van der Waals surface area contributed by atoms with Crippen molar-refractivity contribution in [3.8, 4) is 0 Å². The van der Waals surface area contributed by atoms with Crippen LogP contribution in [0.2, 0.25) is 0 Å². The van der Waals surface area contributed by atoms with E-state index in [4.69, 9.17) is 4.74 Å². The first-order valence-electron chi connectivity index (χ1n) is 8.83. The minimum absolute atomic E-state index is 0.192. The van der Waals surface area contributed by atoms with Crippen LogP contribution in [-0.2, 0) is 9.53 Å². The lowest BCUT2D eigenvalue weighted by Gasteiger charge is -2.40. The summed E-state index contributed by atoms with van der Waals surface area (Å²) in [5, 5.41) is 0. The minimum atomic E-state index is 0.192. The number of nitrogens with one attached hydrogen (secondary N) is 1. The van der Waals surface area contributed by atoms with E-state index in [9.17, 15) is 4.79 Å². The summed E-state index contributed by atoms with van der Waals surface area (Å²) in [6.45, 7) is 7.32. The van der Waals surface area contributed by atoms with Crippen molar-refractivity contribution in [1.82, 2.24) is 19.8 Å². The Balaban J connectivity index is 1.44. The monoisotopic (exact) mass is 318 g/mol. The number of hydrogen-bond acceptors (Lipinski definition) is 4. The molecule has 1 aromatic rings. The van der Waals surface area contributed by atoms with Crippen LogP contribution in [0.4, 0.5) is 0 Å². The third kappa shape index (κ3) is 2.68. The number of carbonyl (C=O) groups excluding carboxylic acids is 1. The third-order valence-electron chi connectivity index (χ3n) is 6.02. The van der Waals surface area contributed by atoms with E-state index in [0.29, 0.717) is 5.91 Å². The molecular formula is C17H26N4O2. The molecule has 2 atom stereocenters. The number of imidazole rings is 1. The number of H-pyrrole nitrogens is 1. The Labute approximate surface area is 137 Å². The number of aromatic amines is 1. The van der Waals surface area contributed by atoms with Crippen LogP contribution in [0.1, 0.15) is 38.1 Å². The van der Waals surface area contributed by atoms with Crippen LogP contribution in [0.5, 0.6) is 0 Å². The molecule has 3 fully saturated rings. The molecule has 1 spiro atoms. The Bertz CT molecular complexity index is 553. The summed E-state index contributed by atoms with van der Waals surface area (Å²) in [4.78, 5) is 25.1. The van der Waals surface area contributed by atoms with Crippen molar-refractivity contribution < 1.29 is 9.53 Å². The second-order valence-electron chi connectivity index (χ2n) is 7.13. The highest BCUT2D eigenvalue weighted by Crippen LogP contribution is 2.59. The van der Waals surface area contributed by atoms with Gasteiger partial charge < -0.3 is 14.6 Å². The normalized spacial score (nSPS) is 30.6. The van der Waals surface area contributed by atoms with Gasteiger partial charge in [-0.25, -0.2) is 4.98 Å². The van der Waals surface area contributed by atoms with Gasteiger partial charge in [0.15, 0.2) is 0 Å². The molecule has 3 heterocycles. The van der Waals surface area contributed by atoms with Crippen LogP contribution in [0, 0.1) is 11.3 Å². The first-order valence-corrected chi connectivity index (χ1v) is 8.83. The number of carbonyl (C=O) groups is 1. The SMILES string of the molecule is CCN1CCN(C(=O)C2CC23CCOCC3)CC1c1ncc[nH]1. The summed E-state index contributed by atoms with van der Waals surface area (Å²) >= 11 is 0. The van der Waals surface area contributed by atoms with Gasteiger partial charge in [-0.2, -0.15) is 0 Å². The average Bonchev–Trinajstić information content (AvgIpc) is 3.02. The van der Waals surface area contributed by atoms with Crippen LogP contribution < -0.4 is 0 Å². The van der Waals surface area contributed by atoms with Gasteiger partial charge in [0.1, 0.15) is 5.82 Å². The van der Waals surface area contributed by atoms with Crippen molar-refractivity contribution in [2.75, 3.05) is 39.4 Å². The second kappa shape index (κ2) is 5.91. The molecule has 0 bridgehead atoms. The first-order chi connectivity index (χ1) is 11.2. The van der Waals surface area contributed by atoms with Crippen LogP contribution >= 0.6 is 0 Å². The van der Waals surface area contributed by atoms with E-state index >= 15 is 0 Å². The summed E-state index contributed by atoms with van der Waals surface area (Å²) in [5.74, 6) is 1.57. The lowest BCUT2D eigenvalue weighted by Crippen LogP contribution is -2.51. The van der Waals surface area contributed by atoms with Crippen molar-refractivity contribution in [3.05, 3.63) is 18.2 Å². The van der Waals surface area contributed by atoms with Crippen molar-refractivity contribution in [1.29, 1.82) is 0 Å². The van der Waals surface area contributed by atoms with E-state index in [0.717, 1.165) is 64.5 Å². The minimum Gasteiger partial charge on any atom is -0.381 e. The van der Waals surface area contributed by atoms with Crippen molar-refractivity contribution >= 4 is 5.91 Å². The number of aromatic nitrogens is 2. The smallest absolute Gasteiger partial charge is 0.226 e. The van der Waals surface area contributed by atoms with E-state index in [1.165, 1.54) is 0 Å². The molecule has 4 rings (SSSR count). The molecule has 6 nitrogen and oxygen atoms in total. The summed E-state index contributed by atoms with van der Waals surface area (Å²) in [5.41, 5.74) is 0.261. The molecule has 2 saturated heterocycles. The van der Waals surface area contributed by atoms with Gasteiger partial charge in [-0.3, -0.25) is 9.69 Å². The number of nitrogens with zero attached hydrogens (tertiary/aromatic N) is 3. The van der Waals surface area contributed by atoms with Gasteiger partial charge in [0, 0.05) is 51.2 Å². The molecule has 2 aliphatic heterocycles. The number of amides is 1. The zero-order valence-corrected chi connectivity index (χ0v) is 13.8. The maximum absolute atomic E-state index is 13.0. The zero-order valence-electron chi connectivity index (χ0n) is 13.8. The predicted molar refractivity (Wildman–Crippen MR) is 85.7 cm³/mol. The predicted octanol–water partition coefficient (Wildman–Crippen LogP) is 1.43. The number of piperazine rings is 1. The molecule has 1 N–H and O–H groups in total. The van der Waals surface area contributed by atoms with Gasteiger partial charge in [-0.15, -0.1) is 0 Å². The lowest BCUT2D eigenvalue weighted by molar-refractivity contribution is -0.137. The number of rotatable bonds is 3. The Morgan fingerprint density at radius 2 is 2.26 bits per heavy atom. The van der Waals surface area contributed by atoms with Crippen molar-refractivity contribution in [2.45, 2.75) is 32.2 Å². The molecule has 1 aromatic heterocycles. The molecular weight excluding hydrogens is 292 g/mol. The fourth-order valence-electron chi connectivity index (χ4n) is 4.37. The molecule has 3 aliphatic rings. The van der Waals surface area contributed by atoms with Gasteiger partial charge in [0.2, 0.25) is 5.91 Å². The summed E-state index contributed by atoms with van der Waals surface area (Å²) < 4.78 is 5.47. The van der Waals surface area contributed by atoms with Gasteiger partial charge >= 0.3 is 0 Å². The van der Waals surface area contributed by atoms with E-state index in [-0.39, 0.29) is 17.4 Å². The van der Waals surface area contributed by atoms with Gasteiger partial charge in [-0.05, 0) is 31.2 Å². The molecule has 0 radical (unpaired) electrons. The largest absolute Gasteiger partial charge is 0.381 e. The number of ether oxygens (including phenoxy) is 1. The summed E-state index contributed by atoms with van der Waals surface area (Å²) in [7, 11) is 0. The van der Waals surface area contributed by atoms with Crippen molar-refractivity contribution in [2.24, 2.45) is 11.3 Å². The Morgan fingerprint density at radius 3 is 2.96 bits per heavy atom. The van der Waals surface area contributed by atoms with Crippen LogP contribution in [-0.4, -0.2) is 65.1 Å². The quantitative estimate of drug-likeness (QED) is 0.916. The van der Waals surface area contributed by atoms with Crippen LogP contribution in [0.3, 0.4) is 0 Å². The third-order valence-corrected chi connectivity index (χ3v) is 6.02. The number of likely N-dealkylation sites (N-methyl/N-ethyl adjacent to an activating group) is 1. The standard InChI is InChI=1S/C17H26N4O2/c1-2-20-7-8-21(12-14(20)15-18-5-6-19-15)16(22)13-11-17(13)3-9-23-10-4-17/h5-6,13-14H,2-4,7-12H2,1H3,(H,18,19). The lowest BCUT2D eigenvalue weighted by atomic mass is 9.93. The Morgan fingerprint density at radius 1 is 1.43 bits per heavy atom. The molecule has 6 heteroatoms. The van der Waals surface area contributed by atoms with E-state index in [1.54, 1.807) is 6.20 Å². The van der Waals surface area contributed by atoms with E-state index in [1.807, 2.05) is 6.20 Å². The van der Waals surface area contributed by atoms with E-state index < -0.39 is 0 Å². The Hall–Kier alpha value is -1.40. The summed E-state index contributed by atoms with van der Waals surface area (Å²) in [6.07, 6.45) is 6.83. The van der Waals surface area contributed by atoms with Gasteiger partial charge in [0.05, 0.1) is 6.04 Å². The fraction of sp³-hybridized carbons (Fsp3) is 0.765. The molecule has 2 unspecified atom stereocenters. The van der Waals surface area contributed by atoms with Gasteiger partial charge in [0.25, 0.3) is 0 Å². The highest BCUT2D eigenvalue weighted by atomic mass is 16.5. The molecule has 0 aromatic carbocycles. The maximum atomic E-state index is 13.0. The summed E-state index contributed by atoms with van der Waals surface area (Å²) in [6, 6.07) is 0.192. The van der Waals surface area contributed by atoms with E-state index in [2.05, 4.69) is 26.7 Å². The second-order valence-corrected chi connectivity index (χ2v) is 7.13. The Kier molecular flexibility index (Phi) is 3.89. The highest BCUT2D eigenvalue weighted by molar-refractivity contribution is 5.83. The number of hydrogen-bond donors (Lipinski definition) is 1. The average molecular weight is 318 g/mol. The molecule has 1 amide bonds. The van der Waals surface area contributed by atoms with Crippen molar-refractivity contribution in [3.63, 3.8) is 0 Å². The molecule has 1 saturated carbocycles. The van der Waals surface area contributed by atoms with Crippen LogP contribution in [0.25, 0.3) is 0 Å². The molecule has 126 valence electrons. The zero-order chi connectivity index (χ0) is 15.9. The van der Waals surface area contributed by atoms with Crippen LogP contribution in [0.15, 0.2) is 12.4 Å². The fourth-order valence-corrected chi connectivity index (χ4v) is 4.37. The first kappa shape index (κ1) is 15.1.